The number of carboxylic acid groups (broad SMARTS) is 1. The molecule has 0 aromatic heterocycles. The van der Waals surface area contributed by atoms with Crippen LogP contribution >= 0.6 is 0 Å². The Labute approximate surface area is 76.9 Å². The summed E-state index contributed by atoms with van der Waals surface area (Å²) in [4.78, 5) is 25.2. The summed E-state index contributed by atoms with van der Waals surface area (Å²) in [5.74, 6) is -1.01. The molecule has 0 atom stereocenters. The summed E-state index contributed by atoms with van der Waals surface area (Å²) in [7, 11) is 1.93. The summed E-state index contributed by atoms with van der Waals surface area (Å²) in [6.45, 7) is 1.81. The van der Waals surface area contributed by atoms with E-state index in [0.717, 1.165) is 13.1 Å². The minimum Gasteiger partial charge on any atom is -0.480 e. The Balaban J connectivity index is 2.52. The minimum atomic E-state index is -0.946. The van der Waals surface area contributed by atoms with E-state index in [2.05, 4.69) is 0 Å². The van der Waals surface area contributed by atoms with Crippen LogP contribution in [0, 0.1) is 0 Å². The molecule has 1 saturated heterocycles. The molecule has 0 saturated carbocycles. The molecule has 1 aliphatic rings. The largest absolute Gasteiger partial charge is 0.480 e. The first-order chi connectivity index (χ1) is 6.09. The molecule has 1 aliphatic heterocycles. The van der Waals surface area contributed by atoms with E-state index < -0.39 is 5.97 Å². The lowest BCUT2D eigenvalue weighted by atomic mass is 10.3. The molecule has 0 aliphatic carbocycles. The highest BCUT2D eigenvalue weighted by atomic mass is 16.4. The van der Waals surface area contributed by atoms with E-state index in [1.54, 1.807) is 0 Å². The highest BCUT2D eigenvalue weighted by Gasteiger charge is 2.20. The van der Waals surface area contributed by atoms with Crippen molar-refractivity contribution in [2.24, 2.45) is 0 Å². The minimum absolute atomic E-state index is 0.0632. The number of rotatable bonds is 2. The molecular weight excluding hydrogens is 172 g/mol. The van der Waals surface area contributed by atoms with Crippen LogP contribution in [-0.2, 0) is 9.59 Å². The molecule has 0 aromatic rings. The van der Waals surface area contributed by atoms with Crippen molar-refractivity contribution in [1.29, 1.82) is 0 Å². The Bertz CT molecular complexity index is 217. The first kappa shape index (κ1) is 9.98. The van der Waals surface area contributed by atoms with Crippen molar-refractivity contribution in [2.75, 3.05) is 33.2 Å². The van der Waals surface area contributed by atoms with Gasteiger partial charge in [0.25, 0.3) is 0 Å². The molecule has 0 bridgehead atoms. The van der Waals surface area contributed by atoms with Crippen molar-refractivity contribution in [3.8, 4) is 0 Å². The number of carbonyl (C=O) groups is 2. The molecule has 5 heteroatoms. The van der Waals surface area contributed by atoms with Gasteiger partial charge in [0.2, 0.25) is 5.91 Å². The summed E-state index contributed by atoms with van der Waals surface area (Å²) >= 11 is 0. The predicted molar refractivity (Wildman–Crippen MR) is 46.3 cm³/mol. The molecule has 0 aromatic carbocycles. The second kappa shape index (κ2) is 4.23. The Morgan fingerprint density at radius 1 is 1.46 bits per heavy atom. The first-order valence-electron chi connectivity index (χ1n) is 4.27. The van der Waals surface area contributed by atoms with Gasteiger partial charge in [0.15, 0.2) is 0 Å². The van der Waals surface area contributed by atoms with Crippen LogP contribution in [0.5, 0.6) is 0 Å². The van der Waals surface area contributed by atoms with Gasteiger partial charge in [0.1, 0.15) is 6.54 Å². The fourth-order valence-electron chi connectivity index (χ4n) is 1.30. The van der Waals surface area contributed by atoms with Gasteiger partial charge in [-0.25, -0.2) is 0 Å². The van der Waals surface area contributed by atoms with Gasteiger partial charge in [-0.05, 0) is 7.05 Å². The molecule has 1 heterocycles. The van der Waals surface area contributed by atoms with Gasteiger partial charge in [-0.1, -0.05) is 0 Å². The van der Waals surface area contributed by atoms with Crippen molar-refractivity contribution >= 4 is 11.9 Å². The lowest BCUT2D eigenvalue weighted by Gasteiger charge is -2.17. The van der Waals surface area contributed by atoms with Crippen molar-refractivity contribution < 1.29 is 14.7 Å². The molecule has 0 spiro atoms. The van der Waals surface area contributed by atoms with Crippen molar-refractivity contribution in [3.05, 3.63) is 0 Å². The van der Waals surface area contributed by atoms with Gasteiger partial charge >= 0.3 is 5.97 Å². The molecule has 1 N–H and O–H groups in total. The van der Waals surface area contributed by atoms with Crippen LogP contribution in [-0.4, -0.2) is 60.0 Å². The third-order valence-electron chi connectivity index (χ3n) is 2.14. The van der Waals surface area contributed by atoms with Gasteiger partial charge < -0.3 is 14.9 Å². The van der Waals surface area contributed by atoms with Crippen molar-refractivity contribution in [2.45, 2.75) is 6.42 Å². The van der Waals surface area contributed by atoms with Crippen molar-refractivity contribution in [3.63, 3.8) is 0 Å². The fourth-order valence-corrected chi connectivity index (χ4v) is 1.30. The molecule has 1 rings (SSSR count). The van der Waals surface area contributed by atoms with Crippen LogP contribution in [0.1, 0.15) is 6.42 Å². The predicted octanol–water partition coefficient (Wildman–Crippen LogP) is -0.765. The van der Waals surface area contributed by atoms with Gasteiger partial charge in [-0.2, -0.15) is 0 Å². The third-order valence-corrected chi connectivity index (χ3v) is 2.14. The van der Waals surface area contributed by atoms with Crippen LogP contribution in [0.15, 0.2) is 0 Å². The second-order valence-corrected chi connectivity index (χ2v) is 3.26. The summed E-state index contributed by atoms with van der Waals surface area (Å²) in [6.07, 6.45) is 0.420. The fraction of sp³-hybridized carbons (Fsp3) is 0.750. The number of hydrogen-bond donors (Lipinski definition) is 1. The van der Waals surface area contributed by atoms with E-state index in [1.165, 1.54) is 4.90 Å². The average molecular weight is 186 g/mol. The van der Waals surface area contributed by atoms with Gasteiger partial charge in [0, 0.05) is 26.1 Å². The maximum Gasteiger partial charge on any atom is 0.323 e. The zero-order valence-corrected chi connectivity index (χ0v) is 7.69. The number of amides is 1. The molecule has 1 fully saturated rings. The highest BCUT2D eigenvalue weighted by Crippen LogP contribution is 2.02. The van der Waals surface area contributed by atoms with E-state index in [4.69, 9.17) is 5.11 Å². The first-order valence-corrected chi connectivity index (χ1v) is 4.27. The SMILES string of the molecule is CN1CCC(=O)N(CC(=O)O)CC1. The molecule has 0 radical (unpaired) electrons. The molecule has 0 unspecified atom stereocenters. The maximum atomic E-state index is 11.3. The summed E-state index contributed by atoms with van der Waals surface area (Å²) < 4.78 is 0. The standard InChI is InChI=1S/C8H14N2O3/c1-9-3-2-7(11)10(5-4-9)6-8(12)13/h2-6H2,1H3,(H,12,13). The lowest BCUT2D eigenvalue weighted by molar-refractivity contribution is -0.144. The van der Waals surface area contributed by atoms with Gasteiger partial charge in [-0.3, -0.25) is 9.59 Å². The maximum absolute atomic E-state index is 11.3. The monoisotopic (exact) mass is 186 g/mol. The Kier molecular flexibility index (Phi) is 3.25. The number of hydrogen-bond acceptors (Lipinski definition) is 3. The van der Waals surface area contributed by atoms with Crippen LogP contribution in [0.4, 0.5) is 0 Å². The van der Waals surface area contributed by atoms with E-state index in [0.29, 0.717) is 13.0 Å². The zero-order valence-electron chi connectivity index (χ0n) is 7.69. The number of aliphatic carboxylic acids is 1. The number of likely N-dealkylation sites (N-methyl/N-ethyl adjacent to an activating group) is 1. The topological polar surface area (TPSA) is 60.9 Å². The third kappa shape index (κ3) is 3.02. The van der Waals surface area contributed by atoms with Crippen LogP contribution in [0.25, 0.3) is 0 Å². The quantitative estimate of drug-likeness (QED) is 0.615. The Morgan fingerprint density at radius 3 is 2.77 bits per heavy atom. The van der Waals surface area contributed by atoms with E-state index >= 15 is 0 Å². The van der Waals surface area contributed by atoms with Gasteiger partial charge in [-0.15, -0.1) is 0 Å². The van der Waals surface area contributed by atoms with Crippen molar-refractivity contribution in [1.82, 2.24) is 9.80 Å². The summed E-state index contributed by atoms with van der Waals surface area (Å²) in [5, 5.41) is 8.53. The molecule has 5 nitrogen and oxygen atoms in total. The van der Waals surface area contributed by atoms with E-state index in [1.807, 2.05) is 11.9 Å². The van der Waals surface area contributed by atoms with Crippen LogP contribution < -0.4 is 0 Å². The normalized spacial score (nSPS) is 20.1. The Hall–Kier alpha value is -1.10. The summed E-state index contributed by atoms with van der Waals surface area (Å²) in [6, 6.07) is 0. The number of carboxylic acids is 1. The van der Waals surface area contributed by atoms with E-state index in [-0.39, 0.29) is 12.5 Å². The molecule has 13 heavy (non-hydrogen) atoms. The van der Waals surface area contributed by atoms with E-state index in [9.17, 15) is 9.59 Å². The number of carbonyl (C=O) groups excluding carboxylic acids is 1. The number of nitrogens with zero attached hydrogens (tertiary/aromatic N) is 2. The Morgan fingerprint density at radius 2 is 2.15 bits per heavy atom. The van der Waals surface area contributed by atoms with Crippen LogP contribution in [0.2, 0.25) is 0 Å². The molecular formula is C8H14N2O3. The van der Waals surface area contributed by atoms with Gasteiger partial charge in [0.05, 0.1) is 0 Å². The average Bonchev–Trinajstić information content (AvgIpc) is 2.19. The lowest BCUT2D eigenvalue weighted by Crippen LogP contribution is -2.36. The second-order valence-electron chi connectivity index (χ2n) is 3.26. The highest BCUT2D eigenvalue weighted by molar-refractivity contribution is 5.81. The molecule has 1 amide bonds. The zero-order chi connectivity index (χ0) is 9.84. The smallest absolute Gasteiger partial charge is 0.323 e. The molecule has 74 valence electrons. The van der Waals surface area contributed by atoms with Crippen LogP contribution in [0.3, 0.4) is 0 Å². The summed E-state index contributed by atoms with van der Waals surface area (Å²) in [5.41, 5.74) is 0.